The summed E-state index contributed by atoms with van der Waals surface area (Å²) in [4.78, 5) is 24.5. The first-order valence-corrected chi connectivity index (χ1v) is 13.4. The molecule has 8 nitrogen and oxygen atoms in total. The molecule has 0 radical (unpaired) electrons. The Morgan fingerprint density at radius 3 is 2.00 bits per heavy atom. The van der Waals surface area contributed by atoms with Crippen LogP contribution in [-0.2, 0) is 19.9 Å². The van der Waals surface area contributed by atoms with Gasteiger partial charge in [-0.05, 0) is 29.0 Å². The fourth-order valence-electron chi connectivity index (χ4n) is 5.47. The van der Waals surface area contributed by atoms with Crippen LogP contribution in [0.4, 0.5) is 0 Å². The van der Waals surface area contributed by atoms with Crippen LogP contribution in [0.25, 0.3) is 0 Å². The van der Waals surface area contributed by atoms with E-state index in [-0.39, 0.29) is 11.7 Å². The molecular formula is C26H27NO7S2. The average Bonchev–Trinajstić information content (AvgIpc) is 3.18. The molecule has 0 spiro atoms. The van der Waals surface area contributed by atoms with Gasteiger partial charge in [0.1, 0.15) is 30.4 Å². The summed E-state index contributed by atoms with van der Waals surface area (Å²) in [6, 6.07) is 13.5. The number of nitrogens with zero attached hydrogens (tertiary/aromatic N) is 1. The van der Waals surface area contributed by atoms with Gasteiger partial charge in [-0.2, -0.15) is 0 Å². The fraction of sp³-hybridized carbons (Fsp3) is 0.385. The van der Waals surface area contributed by atoms with Crippen LogP contribution in [0.15, 0.2) is 59.3 Å². The van der Waals surface area contributed by atoms with E-state index in [0.29, 0.717) is 34.0 Å². The number of fused-ring (bicyclic) bond motifs is 5. The number of aliphatic hydroxyl groups is 1. The Hall–Kier alpha value is -2.76. The number of piperidine rings is 1. The molecule has 190 valence electrons. The molecule has 0 saturated carbocycles. The van der Waals surface area contributed by atoms with Gasteiger partial charge in [0, 0.05) is 12.8 Å². The maximum atomic E-state index is 13.1. The highest BCUT2D eigenvalue weighted by Crippen LogP contribution is 2.52. The quantitative estimate of drug-likeness (QED) is 0.296. The molecule has 3 aliphatic heterocycles. The Kier molecular flexibility index (Phi) is 6.42. The van der Waals surface area contributed by atoms with Crippen LogP contribution in [0.5, 0.6) is 5.75 Å². The van der Waals surface area contributed by atoms with Crippen LogP contribution in [0.2, 0.25) is 0 Å². The summed E-state index contributed by atoms with van der Waals surface area (Å²) in [6.07, 6.45) is 2.05. The highest BCUT2D eigenvalue weighted by Gasteiger charge is 2.71. The largest absolute Gasteiger partial charge is 0.872 e. The number of morpholine rings is 1. The zero-order chi connectivity index (χ0) is 25.7. The van der Waals surface area contributed by atoms with Crippen LogP contribution < -0.4 is 5.11 Å². The van der Waals surface area contributed by atoms with Crippen molar-refractivity contribution < 1.29 is 38.9 Å². The zero-order valence-corrected chi connectivity index (χ0v) is 21.4. The van der Waals surface area contributed by atoms with Crippen molar-refractivity contribution in [2.24, 2.45) is 0 Å². The average molecular weight is 530 g/mol. The third kappa shape index (κ3) is 4.22. The molecule has 5 heterocycles. The van der Waals surface area contributed by atoms with Gasteiger partial charge in [-0.1, -0.05) is 36.1 Å². The van der Waals surface area contributed by atoms with Gasteiger partial charge in [0.15, 0.2) is 0 Å². The summed E-state index contributed by atoms with van der Waals surface area (Å²) in [7, 11) is 4.49. The van der Waals surface area contributed by atoms with Gasteiger partial charge >= 0.3 is 11.9 Å². The first kappa shape index (κ1) is 24.9. The number of carboxylic acids is 1. The standard InChI is InChI=1S/C19H22NO4S2.C7H6O3/c1-20(2)12-9-11(10-13(20)17-16(12)24-17)23-18(21)19(22,14-5-3-7-25-14)15-6-4-8-26-15;8-6-4-2-1-3-5(6)7(9)10/h3-8,11-13,16-17,22H,9-10H2,1-2H3;1-4,8H,(H,9,10)/q+1;/p-1/t11?,12-,13+,16-,17+;. The molecule has 5 atom stereocenters. The van der Waals surface area contributed by atoms with E-state index >= 15 is 0 Å². The number of aromatic carboxylic acids is 1. The first-order valence-electron chi connectivity index (χ1n) is 11.6. The number of rotatable bonds is 5. The third-order valence-electron chi connectivity index (χ3n) is 7.48. The topological polar surface area (TPSA) is 119 Å². The number of thiophene rings is 2. The normalized spacial score (nSPS) is 27.4. The Bertz CT molecular complexity index is 1190. The number of quaternary nitrogens is 1. The number of esters is 1. The van der Waals surface area contributed by atoms with Crippen LogP contribution in [-0.4, -0.2) is 71.1 Å². The lowest BCUT2D eigenvalue weighted by Crippen LogP contribution is -2.60. The third-order valence-corrected chi connectivity index (χ3v) is 9.44. The molecule has 6 rings (SSSR count). The van der Waals surface area contributed by atoms with Gasteiger partial charge in [0.05, 0.1) is 29.4 Å². The molecular weight excluding hydrogens is 502 g/mol. The van der Waals surface area contributed by atoms with Crippen molar-refractivity contribution in [2.45, 2.75) is 48.8 Å². The molecule has 1 aromatic carbocycles. The lowest BCUT2D eigenvalue weighted by molar-refractivity contribution is -0.938. The summed E-state index contributed by atoms with van der Waals surface area (Å²) in [6.45, 7) is 0. The van der Waals surface area contributed by atoms with Gasteiger partial charge in [0.2, 0.25) is 5.60 Å². The van der Waals surface area contributed by atoms with Crippen LogP contribution in [0, 0.1) is 0 Å². The molecule has 10 heteroatoms. The van der Waals surface area contributed by atoms with Gasteiger partial charge in [-0.15, -0.1) is 22.7 Å². The summed E-state index contributed by atoms with van der Waals surface area (Å²) in [5.74, 6) is -2.19. The second-order valence-electron chi connectivity index (χ2n) is 9.79. The van der Waals surface area contributed by atoms with E-state index in [4.69, 9.17) is 14.6 Å². The van der Waals surface area contributed by atoms with Crippen molar-refractivity contribution in [1.82, 2.24) is 0 Å². The predicted octanol–water partition coefficient (Wildman–Crippen LogP) is 2.80. The molecule has 0 aliphatic carbocycles. The zero-order valence-electron chi connectivity index (χ0n) is 19.8. The Morgan fingerprint density at radius 1 is 1.00 bits per heavy atom. The molecule has 0 amide bonds. The SMILES string of the molecule is C[N+]1(C)[C@@H]2CC(OC(=O)C(O)(c3cccs3)c3cccs3)C[C@H]1[C@@H]1O[C@@H]12.O=C(O)c1ccccc1[O-]. The number of likely N-dealkylation sites (N-methyl/N-ethyl adjacent to an activating group) is 1. The van der Waals surface area contributed by atoms with E-state index in [1.54, 1.807) is 12.1 Å². The number of carbonyl (C=O) groups excluding carboxylic acids is 1. The second kappa shape index (κ2) is 9.28. The number of carbonyl (C=O) groups is 2. The van der Waals surface area contributed by atoms with Crippen molar-refractivity contribution >= 4 is 34.6 Å². The van der Waals surface area contributed by atoms with Crippen molar-refractivity contribution in [1.29, 1.82) is 0 Å². The van der Waals surface area contributed by atoms with Crippen molar-refractivity contribution in [3.8, 4) is 5.75 Å². The van der Waals surface area contributed by atoms with Crippen molar-refractivity contribution in [2.75, 3.05) is 14.1 Å². The lowest BCUT2D eigenvalue weighted by atomic mass is 9.95. The monoisotopic (exact) mass is 529 g/mol. The number of benzene rings is 1. The number of hydrogen-bond acceptors (Lipinski definition) is 8. The Morgan fingerprint density at radius 2 is 1.56 bits per heavy atom. The predicted molar refractivity (Wildman–Crippen MR) is 132 cm³/mol. The summed E-state index contributed by atoms with van der Waals surface area (Å²) in [5.41, 5.74) is -1.90. The minimum atomic E-state index is -1.72. The van der Waals surface area contributed by atoms with Gasteiger partial charge in [-0.25, -0.2) is 9.59 Å². The molecule has 3 saturated heterocycles. The molecule has 3 fully saturated rings. The summed E-state index contributed by atoms with van der Waals surface area (Å²) in [5, 5.41) is 34.1. The smallest absolute Gasteiger partial charge is 0.349 e. The van der Waals surface area contributed by atoms with Gasteiger partial charge in [0.25, 0.3) is 0 Å². The van der Waals surface area contributed by atoms with Crippen LogP contribution in [0.3, 0.4) is 0 Å². The maximum Gasteiger partial charge on any atom is 0.349 e. The first-order chi connectivity index (χ1) is 17.1. The fourth-order valence-corrected chi connectivity index (χ4v) is 7.19. The molecule has 3 aliphatic rings. The Labute approximate surface area is 216 Å². The number of epoxide rings is 1. The molecule has 2 aromatic heterocycles. The second-order valence-corrected chi connectivity index (χ2v) is 11.7. The van der Waals surface area contributed by atoms with E-state index in [0.717, 1.165) is 17.3 Å². The van der Waals surface area contributed by atoms with E-state index in [9.17, 15) is 19.8 Å². The van der Waals surface area contributed by atoms with E-state index < -0.39 is 23.3 Å². The van der Waals surface area contributed by atoms with Crippen molar-refractivity contribution in [3.63, 3.8) is 0 Å². The summed E-state index contributed by atoms with van der Waals surface area (Å²) >= 11 is 2.74. The van der Waals surface area contributed by atoms with Crippen LogP contribution in [0.1, 0.15) is 33.0 Å². The number of para-hydroxylation sites is 1. The van der Waals surface area contributed by atoms with E-state index in [1.807, 2.05) is 22.9 Å². The molecule has 3 aromatic rings. The van der Waals surface area contributed by atoms with E-state index in [2.05, 4.69) is 14.1 Å². The molecule has 2 N–H and O–H groups in total. The minimum absolute atomic E-state index is 0.161. The Balaban J connectivity index is 0.000000226. The number of ether oxygens (including phenoxy) is 2. The molecule has 2 bridgehead atoms. The molecule has 1 unspecified atom stereocenters. The maximum absolute atomic E-state index is 13.1. The number of carboxylic acid groups (broad SMARTS) is 1. The van der Waals surface area contributed by atoms with Gasteiger partial charge in [-0.3, -0.25) is 0 Å². The van der Waals surface area contributed by atoms with Crippen molar-refractivity contribution in [3.05, 3.63) is 74.6 Å². The van der Waals surface area contributed by atoms with E-state index in [1.165, 1.54) is 46.9 Å². The minimum Gasteiger partial charge on any atom is -0.872 e. The lowest BCUT2D eigenvalue weighted by Gasteiger charge is -2.45. The molecule has 36 heavy (non-hydrogen) atoms. The highest BCUT2D eigenvalue weighted by molar-refractivity contribution is 7.12. The summed E-state index contributed by atoms with van der Waals surface area (Å²) < 4.78 is 12.6. The highest BCUT2D eigenvalue weighted by atomic mass is 32.1. The van der Waals surface area contributed by atoms with Gasteiger partial charge < -0.3 is 29.3 Å². The number of hydrogen-bond donors (Lipinski definition) is 2. The van der Waals surface area contributed by atoms with Crippen LogP contribution >= 0.6 is 22.7 Å².